The van der Waals surface area contributed by atoms with Gasteiger partial charge in [0.15, 0.2) is 0 Å². The van der Waals surface area contributed by atoms with E-state index in [4.69, 9.17) is 4.74 Å². The smallest absolute Gasteiger partial charge is 0.122 e. The average Bonchev–Trinajstić information content (AvgIpc) is 2.49. The minimum atomic E-state index is 0.367. The molecule has 4 nitrogen and oxygen atoms in total. The van der Waals surface area contributed by atoms with Crippen LogP contribution in [0.15, 0.2) is 42.9 Å². The van der Waals surface area contributed by atoms with Crippen LogP contribution in [-0.4, -0.2) is 29.0 Å². The Labute approximate surface area is 120 Å². The maximum atomic E-state index is 5.24. The zero-order chi connectivity index (χ0) is 14.4. The van der Waals surface area contributed by atoms with Gasteiger partial charge in [-0.05, 0) is 37.2 Å². The molecule has 0 bridgehead atoms. The lowest BCUT2D eigenvalue weighted by Gasteiger charge is -2.27. The fourth-order valence-corrected chi connectivity index (χ4v) is 2.42. The molecule has 0 fully saturated rings. The van der Waals surface area contributed by atoms with Crippen molar-refractivity contribution in [3.05, 3.63) is 54.1 Å². The Morgan fingerprint density at radius 3 is 2.60 bits per heavy atom. The number of aromatic nitrogens is 2. The van der Waals surface area contributed by atoms with Crippen LogP contribution in [0.3, 0.4) is 0 Å². The molecular weight excluding hydrogens is 250 g/mol. The molecule has 0 N–H and O–H groups in total. The molecule has 2 rings (SSSR count). The van der Waals surface area contributed by atoms with Crippen LogP contribution in [0.4, 0.5) is 0 Å². The molecule has 2 heterocycles. The molecular formula is C16H21N3O. The summed E-state index contributed by atoms with van der Waals surface area (Å²) in [5, 5.41) is 0. The van der Waals surface area contributed by atoms with Gasteiger partial charge in [-0.1, -0.05) is 6.92 Å². The van der Waals surface area contributed by atoms with Crippen molar-refractivity contribution in [2.75, 3.05) is 14.2 Å². The maximum absolute atomic E-state index is 5.24. The van der Waals surface area contributed by atoms with Gasteiger partial charge in [-0.15, -0.1) is 0 Å². The largest absolute Gasteiger partial charge is 0.497 e. The highest BCUT2D eigenvalue weighted by molar-refractivity contribution is 5.23. The topological polar surface area (TPSA) is 38.2 Å². The molecule has 0 aliphatic rings. The second kappa shape index (κ2) is 7.01. The van der Waals surface area contributed by atoms with Crippen molar-refractivity contribution in [2.24, 2.45) is 0 Å². The van der Waals surface area contributed by atoms with Crippen molar-refractivity contribution in [1.29, 1.82) is 0 Å². The Balaban J connectivity index is 2.11. The van der Waals surface area contributed by atoms with Crippen LogP contribution in [0.1, 0.15) is 30.6 Å². The third-order valence-electron chi connectivity index (χ3n) is 3.44. The molecule has 0 saturated carbocycles. The van der Waals surface area contributed by atoms with Gasteiger partial charge < -0.3 is 4.74 Å². The Bertz CT molecular complexity index is 530. The summed E-state index contributed by atoms with van der Waals surface area (Å²) in [5.74, 6) is 0.848. The van der Waals surface area contributed by atoms with E-state index in [-0.39, 0.29) is 0 Å². The average molecular weight is 271 g/mol. The van der Waals surface area contributed by atoms with Gasteiger partial charge in [-0.2, -0.15) is 0 Å². The monoisotopic (exact) mass is 271 g/mol. The summed E-state index contributed by atoms with van der Waals surface area (Å²) in [6, 6.07) is 8.36. The van der Waals surface area contributed by atoms with Crippen molar-refractivity contribution in [3.63, 3.8) is 0 Å². The van der Waals surface area contributed by atoms with Crippen molar-refractivity contribution in [2.45, 2.75) is 25.9 Å². The predicted molar refractivity (Wildman–Crippen MR) is 79.5 cm³/mol. The van der Waals surface area contributed by atoms with E-state index >= 15 is 0 Å². The SMILES string of the molecule is CCC(c1ccncc1)N(C)Cc1cc(OC)ccn1. The van der Waals surface area contributed by atoms with Gasteiger partial charge in [0, 0.05) is 37.2 Å². The first-order valence-electron chi connectivity index (χ1n) is 6.83. The van der Waals surface area contributed by atoms with E-state index < -0.39 is 0 Å². The minimum Gasteiger partial charge on any atom is -0.497 e. The summed E-state index contributed by atoms with van der Waals surface area (Å²) >= 11 is 0. The zero-order valence-corrected chi connectivity index (χ0v) is 12.3. The van der Waals surface area contributed by atoms with Crippen LogP contribution in [0, 0.1) is 0 Å². The molecule has 0 aromatic carbocycles. The van der Waals surface area contributed by atoms with Gasteiger partial charge in [0.05, 0.1) is 12.8 Å². The fourth-order valence-electron chi connectivity index (χ4n) is 2.42. The molecule has 0 aliphatic heterocycles. The summed E-state index contributed by atoms with van der Waals surface area (Å²) < 4.78 is 5.24. The van der Waals surface area contributed by atoms with E-state index in [1.807, 2.05) is 24.5 Å². The minimum absolute atomic E-state index is 0.367. The first kappa shape index (κ1) is 14.5. The third kappa shape index (κ3) is 3.54. The normalized spacial score (nSPS) is 12.4. The molecule has 20 heavy (non-hydrogen) atoms. The highest BCUT2D eigenvalue weighted by Gasteiger charge is 2.15. The van der Waals surface area contributed by atoms with E-state index in [9.17, 15) is 0 Å². The van der Waals surface area contributed by atoms with Gasteiger partial charge in [0.25, 0.3) is 0 Å². The molecule has 2 aromatic heterocycles. The molecule has 1 unspecified atom stereocenters. The Morgan fingerprint density at radius 2 is 1.95 bits per heavy atom. The van der Waals surface area contributed by atoms with E-state index in [2.05, 4.69) is 41.0 Å². The number of ether oxygens (including phenoxy) is 1. The summed E-state index contributed by atoms with van der Waals surface area (Å²) in [7, 11) is 3.80. The first-order chi connectivity index (χ1) is 9.74. The molecule has 2 aromatic rings. The summed E-state index contributed by atoms with van der Waals surface area (Å²) in [6.07, 6.45) is 6.52. The number of hydrogen-bond donors (Lipinski definition) is 0. The second-order valence-corrected chi connectivity index (χ2v) is 4.81. The van der Waals surface area contributed by atoms with Crippen molar-refractivity contribution < 1.29 is 4.74 Å². The lowest BCUT2D eigenvalue weighted by Crippen LogP contribution is -2.24. The van der Waals surface area contributed by atoms with Gasteiger partial charge in [-0.25, -0.2) is 0 Å². The number of rotatable bonds is 6. The molecule has 1 atom stereocenters. The van der Waals surface area contributed by atoms with Crippen LogP contribution < -0.4 is 4.74 Å². The molecule has 0 amide bonds. The zero-order valence-electron chi connectivity index (χ0n) is 12.3. The molecule has 0 saturated heterocycles. The molecule has 0 radical (unpaired) electrons. The summed E-state index contributed by atoms with van der Waals surface area (Å²) in [4.78, 5) is 10.8. The molecule has 0 aliphatic carbocycles. The number of hydrogen-bond acceptors (Lipinski definition) is 4. The van der Waals surface area contributed by atoms with Gasteiger partial charge in [0.2, 0.25) is 0 Å². The van der Waals surface area contributed by atoms with Crippen molar-refractivity contribution in [3.8, 4) is 5.75 Å². The van der Waals surface area contributed by atoms with Gasteiger partial charge >= 0.3 is 0 Å². The van der Waals surface area contributed by atoms with Crippen LogP contribution in [-0.2, 0) is 6.54 Å². The van der Waals surface area contributed by atoms with Gasteiger partial charge in [-0.3, -0.25) is 14.9 Å². The summed E-state index contributed by atoms with van der Waals surface area (Å²) in [6.45, 7) is 2.98. The Morgan fingerprint density at radius 1 is 1.20 bits per heavy atom. The van der Waals surface area contributed by atoms with E-state index in [1.165, 1.54) is 5.56 Å². The van der Waals surface area contributed by atoms with Crippen LogP contribution in [0.5, 0.6) is 5.75 Å². The first-order valence-corrected chi connectivity index (χ1v) is 6.83. The van der Waals surface area contributed by atoms with Crippen LogP contribution in [0.25, 0.3) is 0 Å². The quantitative estimate of drug-likeness (QED) is 0.809. The van der Waals surface area contributed by atoms with Crippen molar-refractivity contribution in [1.82, 2.24) is 14.9 Å². The second-order valence-electron chi connectivity index (χ2n) is 4.81. The number of methoxy groups -OCH3 is 1. The lowest BCUT2D eigenvalue weighted by molar-refractivity contribution is 0.227. The van der Waals surface area contributed by atoms with Gasteiger partial charge in [0.1, 0.15) is 5.75 Å². The van der Waals surface area contributed by atoms with E-state index in [0.717, 1.165) is 24.4 Å². The highest BCUT2D eigenvalue weighted by Crippen LogP contribution is 2.24. The molecule has 4 heteroatoms. The van der Waals surface area contributed by atoms with Crippen molar-refractivity contribution >= 4 is 0 Å². The van der Waals surface area contributed by atoms with Crippen LogP contribution >= 0.6 is 0 Å². The predicted octanol–water partition coefficient (Wildman–Crippen LogP) is 3.07. The Kier molecular flexibility index (Phi) is 5.07. The Hall–Kier alpha value is -1.94. The maximum Gasteiger partial charge on any atom is 0.122 e. The van der Waals surface area contributed by atoms with E-state index in [0.29, 0.717) is 6.04 Å². The van der Waals surface area contributed by atoms with E-state index in [1.54, 1.807) is 13.3 Å². The summed E-state index contributed by atoms with van der Waals surface area (Å²) in [5.41, 5.74) is 2.30. The fraction of sp³-hybridized carbons (Fsp3) is 0.375. The highest BCUT2D eigenvalue weighted by atomic mass is 16.5. The number of pyridine rings is 2. The molecule has 0 spiro atoms. The van der Waals surface area contributed by atoms with Crippen LogP contribution in [0.2, 0.25) is 0 Å². The third-order valence-corrected chi connectivity index (χ3v) is 3.44. The standard InChI is InChI=1S/C16H21N3O/c1-4-16(13-5-8-17-9-6-13)19(2)12-14-11-15(20-3)7-10-18-14/h5-11,16H,4,12H2,1-3H3. The molecule has 106 valence electrons. The number of nitrogens with zero attached hydrogens (tertiary/aromatic N) is 3. The lowest BCUT2D eigenvalue weighted by atomic mass is 10.0.